The van der Waals surface area contributed by atoms with Crippen molar-refractivity contribution < 1.29 is 44.3 Å². The zero-order valence-electron chi connectivity index (χ0n) is 17.7. The van der Waals surface area contributed by atoms with Gasteiger partial charge in [-0.3, -0.25) is 19.2 Å². The van der Waals surface area contributed by atoms with E-state index in [2.05, 4.69) is 5.32 Å². The SMILES string of the molecule is CC(=O)N[C@H]1C(N(C(=O)[C@@H](N)C(C)C)[C@H](CCC(=O)O)C(N)=O)O[C@H](CO)[C@H](O)[C@@H]1O. The molecule has 0 aliphatic carbocycles. The molecule has 0 bridgehead atoms. The summed E-state index contributed by atoms with van der Waals surface area (Å²) < 4.78 is 5.60. The maximum absolute atomic E-state index is 13.2. The van der Waals surface area contributed by atoms with Crippen molar-refractivity contribution in [3.8, 4) is 0 Å². The van der Waals surface area contributed by atoms with Crippen LogP contribution in [0.4, 0.5) is 0 Å². The fourth-order valence-electron chi connectivity index (χ4n) is 3.32. The van der Waals surface area contributed by atoms with Crippen LogP contribution in [-0.4, -0.2) is 98.3 Å². The van der Waals surface area contributed by atoms with Crippen molar-refractivity contribution in [2.75, 3.05) is 6.61 Å². The molecule has 0 saturated carbocycles. The highest BCUT2D eigenvalue weighted by molar-refractivity contribution is 5.89. The number of aliphatic hydroxyl groups excluding tert-OH is 3. The number of primary amides is 1. The topological polar surface area (TPSA) is 226 Å². The number of carbonyl (C=O) groups excluding carboxylic acids is 3. The van der Waals surface area contributed by atoms with Crippen LogP contribution in [0, 0.1) is 5.92 Å². The zero-order chi connectivity index (χ0) is 24.0. The van der Waals surface area contributed by atoms with Gasteiger partial charge in [0.25, 0.3) is 0 Å². The van der Waals surface area contributed by atoms with Crippen molar-refractivity contribution in [1.29, 1.82) is 0 Å². The number of hydrogen-bond donors (Lipinski definition) is 7. The minimum Gasteiger partial charge on any atom is -0.481 e. The van der Waals surface area contributed by atoms with E-state index in [9.17, 15) is 34.5 Å². The molecule has 1 aliphatic rings. The second kappa shape index (κ2) is 11.3. The Kier molecular flexibility index (Phi) is 9.77. The van der Waals surface area contributed by atoms with Crippen LogP contribution in [0.1, 0.15) is 33.6 Å². The fraction of sp³-hybridized carbons (Fsp3) is 0.778. The molecule has 0 radical (unpaired) electrons. The van der Waals surface area contributed by atoms with E-state index >= 15 is 0 Å². The molecule has 31 heavy (non-hydrogen) atoms. The van der Waals surface area contributed by atoms with Crippen molar-refractivity contribution in [3.63, 3.8) is 0 Å². The highest BCUT2D eigenvalue weighted by Gasteiger charge is 2.51. The summed E-state index contributed by atoms with van der Waals surface area (Å²) in [6.45, 7) is 3.64. The van der Waals surface area contributed by atoms with E-state index in [4.69, 9.17) is 21.3 Å². The molecule has 13 heteroatoms. The first-order chi connectivity index (χ1) is 14.3. The number of amides is 3. The first-order valence-corrected chi connectivity index (χ1v) is 9.81. The number of aliphatic carboxylic acids is 1. The van der Waals surface area contributed by atoms with Gasteiger partial charge in [-0.05, 0) is 12.3 Å². The molecule has 1 saturated heterocycles. The predicted molar refractivity (Wildman–Crippen MR) is 105 cm³/mol. The smallest absolute Gasteiger partial charge is 0.303 e. The van der Waals surface area contributed by atoms with Crippen LogP contribution in [0.15, 0.2) is 0 Å². The number of ether oxygens (including phenoxy) is 1. The number of carboxylic acids is 1. The summed E-state index contributed by atoms with van der Waals surface area (Å²) in [4.78, 5) is 49.0. The fourth-order valence-corrected chi connectivity index (χ4v) is 3.32. The van der Waals surface area contributed by atoms with Gasteiger partial charge in [0.2, 0.25) is 17.7 Å². The molecule has 0 spiro atoms. The van der Waals surface area contributed by atoms with Gasteiger partial charge in [0.1, 0.15) is 30.4 Å². The summed E-state index contributed by atoms with van der Waals surface area (Å²) in [6.07, 6.45) is -7.19. The molecule has 13 nitrogen and oxygen atoms in total. The first kappa shape index (κ1) is 26.7. The number of carboxylic acid groups (broad SMARTS) is 1. The van der Waals surface area contributed by atoms with Gasteiger partial charge < -0.3 is 46.8 Å². The average Bonchev–Trinajstić information content (AvgIpc) is 2.67. The number of hydrogen-bond acceptors (Lipinski definition) is 9. The quantitative estimate of drug-likeness (QED) is 0.174. The Morgan fingerprint density at radius 3 is 2.16 bits per heavy atom. The molecular weight excluding hydrogens is 416 g/mol. The molecule has 0 aromatic heterocycles. The van der Waals surface area contributed by atoms with Crippen molar-refractivity contribution in [2.24, 2.45) is 17.4 Å². The second-order valence-corrected chi connectivity index (χ2v) is 7.82. The highest BCUT2D eigenvalue weighted by Crippen LogP contribution is 2.27. The molecule has 0 aromatic rings. The highest BCUT2D eigenvalue weighted by atomic mass is 16.5. The molecule has 1 rings (SSSR count). The van der Waals surface area contributed by atoms with Crippen LogP contribution in [0.2, 0.25) is 0 Å². The summed E-state index contributed by atoms with van der Waals surface area (Å²) in [5.74, 6) is -4.20. The Morgan fingerprint density at radius 1 is 1.16 bits per heavy atom. The van der Waals surface area contributed by atoms with Crippen LogP contribution < -0.4 is 16.8 Å². The van der Waals surface area contributed by atoms with Crippen molar-refractivity contribution in [1.82, 2.24) is 10.2 Å². The van der Waals surface area contributed by atoms with Crippen LogP contribution in [0.25, 0.3) is 0 Å². The third-order valence-electron chi connectivity index (χ3n) is 5.10. The number of carbonyl (C=O) groups is 4. The first-order valence-electron chi connectivity index (χ1n) is 9.81. The van der Waals surface area contributed by atoms with Gasteiger partial charge in [0.15, 0.2) is 6.23 Å². The van der Waals surface area contributed by atoms with Crippen molar-refractivity contribution in [2.45, 2.75) is 76.3 Å². The van der Waals surface area contributed by atoms with E-state index in [1.165, 1.54) is 0 Å². The lowest BCUT2D eigenvalue weighted by Crippen LogP contribution is -2.72. The van der Waals surface area contributed by atoms with Crippen LogP contribution in [0.3, 0.4) is 0 Å². The molecule has 0 aromatic carbocycles. The maximum Gasteiger partial charge on any atom is 0.303 e. The molecular formula is C18H32N4O9. The van der Waals surface area contributed by atoms with E-state index in [1.54, 1.807) is 13.8 Å². The maximum atomic E-state index is 13.2. The monoisotopic (exact) mass is 448 g/mol. The standard InChI is InChI=1S/C18H32N4O9/c1-7(2)12(19)17(30)22(9(16(20)29)4-5-11(25)26)18-13(21-8(3)24)15(28)14(27)10(6-23)31-18/h7,9-10,12-15,18,23,27-28H,4-6,19H2,1-3H3,(H2,20,29)(H,21,24)(H,25,26)/t9-,10-,12+,13-,14+,15-,18?/m1/s1. The lowest BCUT2D eigenvalue weighted by Gasteiger charge is -2.48. The molecule has 7 atom stereocenters. The Labute approximate surface area is 179 Å². The van der Waals surface area contributed by atoms with E-state index in [0.717, 1.165) is 11.8 Å². The van der Waals surface area contributed by atoms with Crippen LogP contribution >= 0.6 is 0 Å². The van der Waals surface area contributed by atoms with E-state index in [1.807, 2.05) is 0 Å². The van der Waals surface area contributed by atoms with Gasteiger partial charge in [-0.25, -0.2) is 0 Å². The molecule has 1 unspecified atom stereocenters. The minimum absolute atomic E-state index is 0.393. The molecule has 1 aliphatic heterocycles. The van der Waals surface area contributed by atoms with Gasteiger partial charge >= 0.3 is 5.97 Å². The average molecular weight is 448 g/mol. The number of nitrogens with two attached hydrogens (primary N) is 2. The normalized spacial score (nSPS) is 27.9. The third-order valence-corrected chi connectivity index (χ3v) is 5.10. The van der Waals surface area contributed by atoms with Gasteiger partial charge in [0, 0.05) is 13.3 Å². The van der Waals surface area contributed by atoms with Crippen LogP contribution in [0.5, 0.6) is 0 Å². The largest absolute Gasteiger partial charge is 0.481 e. The molecule has 9 N–H and O–H groups in total. The van der Waals surface area contributed by atoms with E-state index in [-0.39, 0.29) is 0 Å². The van der Waals surface area contributed by atoms with Gasteiger partial charge in [-0.1, -0.05) is 13.8 Å². The number of nitrogens with one attached hydrogen (secondary N) is 1. The lowest BCUT2D eigenvalue weighted by atomic mass is 9.92. The molecule has 1 fully saturated rings. The molecule has 1 heterocycles. The number of rotatable bonds is 10. The Bertz CT molecular complexity index is 674. The van der Waals surface area contributed by atoms with Gasteiger partial charge in [-0.2, -0.15) is 0 Å². The van der Waals surface area contributed by atoms with Crippen LogP contribution in [-0.2, 0) is 23.9 Å². The Balaban J connectivity index is 3.55. The molecule has 3 amide bonds. The summed E-state index contributed by atoms with van der Waals surface area (Å²) in [5, 5.41) is 41.6. The lowest BCUT2D eigenvalue weighted by molar-refractivity contribution is -0.236. The second-order valence-electron chi connectivity index (χ2n) is 7.82. The summed E-state index contributed by atoms with van der Waals surface area (Å²) in [7, 11) is 0. The number of aliphatic hydroxyl groups is 3. The Hall–Kier alpha value is -2.32. The molecule has 178 valence electrons. The summed E-state index contributed by atoms with van der Waals surface area (Å²) >= 11 is 0. The van der Waals surface area contributed by atoms with Gasteiger partial charge in [0.05, 0.1) is 12.6 Å². The predicted octanol–water partition coefficient (Wildman–Crippen LogP) is -3.54. The van der Waals surface area contributed by atoms with E-state index in [0.29, 0.717) is 0 Å². The Morgan fingerprint density at radius 2 is 1.74 bits per heavy atom. The number of nitrogens with zero attached hydrogens (tertiary/aromatic N) is 1. The zero-order valence-corrected chi connectivity index (χ0v) is 17.7. The van der Waals surface area contributed by atoms with Crippen molar-refractivity contribution >= 4 is 23.7 Å². The summed E-state index contributed by atoms with van der Waals surface area (Å²) in [5.41, 5.74) is 11.4. The summed E-state index contributed by atoms with van der Waals surface area (Å²) in [6, 6.07) is -4.11. The third kappa shape index (κ3) is 6.58. The minimum atomic E-state index is -1.70. The van der Waals surface area contributed by atoms with Crippen molar-refractivity contribution in [3.05, 3.63) is 0 Å². The van der Waals surface area contributed by atoms with Gasteiger partial charge in [-0.15, -0.1) is 0 Å². The van der Waals surface area contributed by atoms with E-state index < -0.39 is 91.7 Å².